The molecule has 2 aromatic heterocycles. The molecule has 10 heteroatoms. The molecular formula is C15H19N5O5. The second kappa shape index (κ2) is 6.19. The van der Waals surface area contributed by atoms with Crippen LogP contribution >= 0.6 is 0 Å². The smallest absolute Gasteiger partial charge is 0.332 e. The number of imidazole rings is 1. The fourth-order valence-corrected chi connectivity index (χ4v) is 3.25. The third-order valence-electron chi connectivity index (χ3n) is 4.64. The van der Waals surface area contributed by atoms with E-state index in [4.69, 9.17) is 5.11 Å². The van der Waals surface area contributed by atoms with Gasteiger partial charge in [-0.05, 0) is 12.8 Å². The molecule has 0 radical (unpaired) electrons. The molecule has 1 aliphatic heterocycles. The summed E-state index contributed by atoms with van der Waals surface area (Å²) >= 11 is 0. The molecule has 3 heterocycles. The average Bonchev–Trinajstić information content (AvgIpc) is 3.22. The Labute approximate surface area is 141 Å². The van der Waals surface area contributed by atoms with Crippen LogP contribution in [0.15, 0.2) is 15.9 Å². The lowest BCUT2D eigenvalue weighted by molar-refractivity contribution is -0.148. The number of nitrogens with zero attached hydrogens (tertiary/aromatic N) is 5. The summed E-state index contributed by atoms with van der Waals surface area (Å²) in [7, 11) is 2.91. The summed E-state index contributed by atoms with van der Waals surface area (Å²) in [6.07, 6.45) is 2.59. The van der Waals surface area contributed by atoms with E-state index in [1.54, 1.807) is 0 Å². The van der Waals surface area contributed by atoms with Gasteiger partial charge in [0.1, 0.15) is 6.04 Å². The molecule has 3 rings (SSSR count). The van der Waals surface area contributed by atoms with E-state index in [-0.39, 0.29) is 30.0 Å². The van der Waals surface area contributed by atoms with Crippen LogP contribution in [0.1, 0.15) is 19.3 Å². The number of carboxylic acids is 1. The molecule has 0 aliphatic carbocycles. The van der Waals surface area contributed by atoms with Gasteiger partial charge >= 0.3 is 11.7 Å². The molecule has 0 bridgehead atoms. The number of carbonyl (C=O) groups excluding carboxylic acids is 1. The molecule has 1 aliphatic rings. The Balaban J connectivity index is 1.85. The fraction of sp³-hybridized carbons (Fsp3) is 0.533. The Morgan fingerprint density at radius 2 is 2.00 bits per heavy atom. The lowest BCUT2D eigenvalue weighted by atomic mass is 10.2. The van der Waals surface area contributed by atoms with Crippen LogP contribution < -0.4 is 11.2 Å². The highest BCUT2D eigenvalue weighted by Crippen LogP contribution is 2.19. The van der Waals surface area contributed by atoms with Crippen molar-refractivity contribution in [2.45, 2.75) is 31.8 Å². The SMILES string of the molecule is Cn1c(=O)c2c(ncn2CCC(=O)N2CCCC2C(=O)O)n(C)c1=O. The summed E-state index contributed by atoms with van der Waals surface area (Å²) in [4.78, 5) is 53.3. The number of amides is 1. The first-order chi connectivity index (χ1) is 11.8. The molecule has 0 spiro atoms. The van der Waals surface area contributed by atoms with Gasteiger partial charge < -0.3 is 14.6 Å². The highest BCUT2D eigenvalue weighted by atomic mass is 16.4. The van der Waals surface area contributed by atoms with E-state index >= 15 is 0 Å². The molecule has 0 aromatic carbocycles. The van der Waals surface area contributed by atoms with E-state index < -0.39 is 23.3 Å². The second-order valence-corrected chi connectivity index (χ2v) is 6.15. The number of hydrogen-bond acceptors (Lipinski definition) is 5. The predicted octanol–water partition coefficient (Wildman–Crippen LogP) is -1.10. The summed E-state index contributed by atoms with van der Waals surface area (Å²) in [6.45, 7) is 0.613. The zero-order valence-corrected chi connectivity index (χ0v) is 14.0. The Morgan fingerprint density at radius 1 is 1.28 bits per heavy atom. The van der Waals surface area contributed by atoms with Crippen molar-refractivity contribution in [3.8, 4) is 0 Å². The maximum Gasteiger partial charge on any atom is 0.332 e. The summed E-state index contributed by atoms with van der Waals surface area (Å²) in [5.41, 5.74) is -0.452. The highest BCUT2D eigenvalue weighted by molar-refractivity contribution is 5.84. The Bertz CT molecular complexity index is 969. The molecule has 10 nitrogen and oxygen atoms in total. The number of aryl methyl sites for hydroxylation is 2. The van der Waals surface area contributed by atoms with Crippen molar-refractivity contribution in [1.82, 2.24) is 23.6 Å². The molecule has 1 saturated heterocycles. The number of likely N-dealkylation sites (tertiary alicyclic amines) is 1. The molecule has 2 aromatic rings. The summed E-state index contributed by atoms with van der Waals surface area (Å²) in [5.74, 6) is -1.27. The maximum absolute atomic E-state index is 12.4. The van der Waals surface area contributed by atoms with Gasteiger partial charge in [0.2, 0.25) is 5.91 Å². The minimum absolute atomic E-state index is 0.0568. The second-order valence-electron chi connectivity index (χ2n) is 6.15. The number of carbonyl (C=O) groups is 2. The van der Waals surface area contributed by atoms with Gasteiger partial charge in [0.05, 0.1) is 6.33 Å². The molecule has 1 unspecified atom stereocenters. The minimum Gasteiger partial charge on any atom is -0.480 e. The lowest BCUT2D eigenvalue weighted by Crippen LogP contribution is -2.40. The molecule has 0 saturated carbocycles. The minimum atomic E-state index is -0.997. The van der Waals surface area contributed by atoms with E-state index in [0.717, 1.165) is 4.57 Å². The van der Waals surface area contributed by atoms with Crippen molar-refractivity contribution in [1.29, 1.82) is 0 Å². The standard InChI is InChI=1S/C15H19N5O5/c1-17-12-11(13(22)18(2)15(17)25)19(8-16-12)7-5-10(21)20-6-3-4-9(20)14(23)24/h8-9H,3-7H2,1-2H3,(H,23,24). The van der Waals surface area contributed by atoms with Crippen molar-refractivity contribution < 1.29 is 14.7 Å². The van der Waals surface area contributed by atoms with Gasteiger partial charge in [-0.2, -0.15) is 0 Å². The van der Waals surface area contributed by atoms with Crippen LogP contribution in [0.25, 0.3) is 11.2 Å². The lowest BCUT2D eigenvalue weighted by Gasteiger charge is -2.21. The fourth-order valence-electron chi connectivity index (χ4n) is 3.25. The summed E-state index contributed by atoms with van der Waals surface area (Å²) < 4.78 is 3.79. The van der Waals surface area contributed by atoms with Crippen LogP contribution in [0.5, 0.6) is 0 Å². The zero-order chi connectivity index (χ0) is 18.3. The first kappa shape index (κ1) is 16.9. The molecular weight excluding hydrogens is 330 g/mol. The monoisotopic (exact) mass is 349 g/mol. The van der Waals surface area contributed by atoms with Crippen LogP contribution in [0.3, 0.4) is 0 Å². The Morgan fingerprint density at radius 3 is 2.68 bits per heavy atom. The topological polar surface area (TPSA) is 119 Å². The van der Waals surface area contributed by atoms with Gasteiger partial charge in [-0.3, -0.25) is 18.7 Å². The number of rotatable bonds is 4. The van der Waals surface area contributed by atoms with E-state index in [1.807, 2.05) is 0 Å². The van der Waals surface area contributed by atoms with Gasteiger partial charge in [0.15, 0.2) is 11.2 Å². The largest absolute Gasteiger partial charge is 0.480 e. The van der Waals surface area contributed by atoms with Crippen molar-refractivity contribution in [3.05, 3.63) is 27.2 Å². The van der Waals surface area contributed by atoms with Crippen LogP contribution in [0, 0.1) is 0 Å². The molecule has 134 valence electrons. The number of carboxylic acid groups (broad SMARTS) is 1. The van der Waals surface area contributed by atoms with E-state index in [1.165, 1.54) is 34.5 Å². The van der Waals surface area contributed by atoms with Crippen molar-refractivity contribution in [3.63, 3.8) is 0 Å². The molecule has 25 heavy (non-hydrogen) atoms. The van der Waals surface area contributed by atoms with Crippen LogP contribution in [-0.4, -0.2) is 53.2 Å². The molecule has 1 atom stereocenters. The Kier molecular flexibility index (Phi) is 4.19. The van der Waals surface area contributed by atoms with E-state index in [0.29, 0.717) is 19.4 Å². The predicted molar refractivity (Wildman–Crippen MR) is 87.2 cm³/mol. The third-order valence-corrected chi connectivity index (χ3v) is 4.64. The molecule has 1 amide bonds. The van der Waals surface area contributed by atoms with Gasteiger partial charge in [0, 0.05) is 33.6 Å². The van der Waals surface area contributed by atoms with Gasteiger partial charge in [-0.25, -0.2) is 14.6 Å². The van der Waals surface area contributed by atoms with Crippen LogP contribution in [-0.2, 0) is 30.2 Å². The number of hydrogen-bond donors (Lipinski definition) is 1. The molecule has 1 fully saturated rings. The van der Waals surface area contributed by atoms with E-state index in [2.05, 4.69) is 4.98 Å². The normalized spacial score (nSPS) is 17.4. The van der Waals surface area contributed by atoms with Gasteiger partial charge in [0.25, 0.3) is 5.56 Å². The van der Waals surface area contributed by atoms with Crippen LogP contribution in [0.2, 0.25) is 0 Å². The highest BCUT2D eigenvalue weighted by Gasteiger charge is 2.33. The van der Waals surface area contributed by atoms with Crippen LogP contribution in [0.4, 0.5) is 0 Å². The molecule has 1 N–H and O–H groups in total. The van der Waals surface area contributed by atoms with Crippen molar-refractivity contribution in [2.75, 3.05) is 6.54 Å². The maximum atomic E-state index is 12.4. The average molecular weight is 349 g/mol. The number of aliphatic carboxylic acids is 1. The van der Waals surface area contributed by atoms with Crippen molar-refractivity contribution >= 4 is 23.0 Å². The quantitative estimate of drug-likeness (QED) is 0.748. The number of aromatic nitrogens is 4. The first-order valence-electron chi connectivity index (χ1n) is 7.96. The van der Waals surface area contributed by atoms with Gasteiger partial charge in [-0.15, -0.1) is 0 Å². The first-order valence-corrected chi connectivity index (χ1v) is 7.96. The van der Waals surface area contributed by atoms with Gasteiger partial charge in [-0.1, -0.05) is 0 Å². The number of fused-ring (bicyclic) bond motifs is 1. The summed E-state index contributed by atoms with van der Waals surface area (Å²) in [6, 6.07) is -0.777. The summed E-state index contributed by atoms with van der Waals surface area (Å²) in [5, 5.41) is 9.16. The Hall–Kier alpha value is -2.91. The zero-order valence-electron chi connectivity index (χ0n) is 14.0. The van der Waals surface area contributed by atoms with Crippen molar-refractivity contribution in [2.24, 2.45) is 14.1 Å². The third kappa shape index (κ3) is 2.73. The van der Waals surface area contributed by atoms with E-state index in [9.17, 15) is 19.2 Å².